The molecule has 2 aromatic carbocycles. The molecule has 1 aliphatic heterocycles. The van der Waals surface area contributed by atoms with E-state index in [1.807, 2.05) is 48.5 Å². The van der Waals surface area contributed by atoms with Crippen molar-refractivity contribution < 1.29 is 19.0 Å². The number of allylic oxidation sites excluding steroid dienone is 2. The van der Waals surface area contributed by atoms with Crippen molar-refractivity contribution in [2.75, 3.05) is 14.2 Å². The summed E-state index contributed by atoms with van der Waals surface area (Å²) >= 11 is 0. The Morgan fingerprint density at radius 3 is 2.35 bits per heavy atom. The van der Waals surface area contributed by atoms with Crippen LogP contribution in [-0.4, -0.2) is 39.6 Å². The molecule has 3 heterocycles. The van der Waals surface area contributed by atoms with E-state index in [0.717, 1.165) is 28.2 Å². The first-order valence-corrected chi connectivity index (χ1v) is 12.3. The van der Waals surface area contributed by atoms with Crippen LogP contribution in [0.15, 0.2) is 66.2 Å². The van der Waals surface area contributed by atoms with Crippen LogP contribution in [-0.2, 0) is 11.2 Å². The van der Waals surface area contributed by atoms with Crippen molar-refractivity contribution in [1.29, 1.82) is 0 Å². The summed E-state index contributed by atoms with van der Waals surface area (Å²) in [6, 6.07) is 15.7. The van der Waals surface area contributed by atoms with Gasteiger partial charge in [-0.1, -0.05) is 38.1 Å². The molecule has 0 saturated heterocycles. The first-order chi connectivity index (χ1) is 17.8. The zero-order chi connectivity index (χ0) is 25.7. The summed E-state index contributed by atoms with van der Waals surface area (Å²) in [7, 11) is 3.29. The molecule has 1 aliphatic carbocycles. The smallest absolute Gasteiger partial charge is 0.228 e. The molecule has 0 saturated carbocycles. The van der Waals surface area contributed by atoms with Crippen molar-refractivity contribution in [1.82, 2.24) is 19.6 Å². The number of rotatable bonds is 5. The predicted octanol–water partition coefficient (Wildman–Crippen LogP) is 4.90. The summed E-state index contributed by atoms with van der Waals surface area (Å²) < 4.78 is 18.6. The van der Waals surface area contributed by atoms with E-state index in [2.05, 4.69) is 18.8 Å². The van der Waals surface area contributed by atoms with E-state index in [1.165, 1.54) is 0 Å². The Hall–Kier alpha value is -4.20. The molecule has 6 rings (SSSR count). The molecular weight excluding hydrogens is 468 g/mol. The van der Waals surface area contributed by atoms with Gasteiger partial charge in [0.1, 0.15) is 23.6 Å². The monoisotopic (exact) mass is 496 g/mol. The average molecular weight is 497 g/mol. The van der Waals surface area contributed by atoms with Gasteiger partial charge in [0, 0.05) is 30.8 Å². The molecule has 2 aromatic heterocycles. The lowest BCUT2D eigenvalue weighted by atomic mass is 9.70. The SMILES string of the molecule is COc1ccc(Cc2nc3c4c(ncn3n2)OC2=C(C(=O)CC(C)(C)C2)[C@@H]4c2ccc(OC)cc2)cc1. The summed E-state index contributed by atoms with van der Waals surface area (Å²) in [5.74, 6) is 3.12. The fraction of sp³-hybridized carbons (Fsp3) is 0.310. The Morgan fingerprint density at radius 2 is 1.68 bits per heavy atom. The van der Waals surface area contributed by atoms with Crippen molar-refractivity contribution in [2.45, 2.75) is 39.0 Å². The lowest BCUT2D eigenvalue weighted by Gasteiger charge is -2.37. The van der Waals surface area contributed by atoms with E-state index in [1.54, 1.807) is 25.1 Å². The zero-order valence-electron chi connectivity index (χ0n) is 21.3. The van der Waals surface area contributed by atoms with Crippen LogP contribution >= 0.6 is 0 Å². The first-order valence-electron chi connectivity index (χ1n) is 12.3. The largest absolute Gasteiger partial charge is 0.497 e. The highest BCUT2D eigenvalue weighted by atomic mass is 16.5. The van der Waals surface area contributed by atoms with Gasteiger partial charge in [0.25, 0.3) is 0 Å². The van der Waals surface area contributed by atoms with Gasteiger partial charge in [0.15, 0.2) is 17.3 Å². The highest BCUT2D eigenvalue weighted by Gasteiger charge is 2.44. The van der Waals surface area contributed by atoms with Crippen molar-refractivity contribution in [3.63, 3.8) is 0 Å². The van der Waals surface area contributed by atoms with Gasteiger partial charge in [0.05, 0.1) is 19.8 Å². The van der Waals surface area contributed by atoms with Crippen LogP contribution in [0, 0.1) is 5.41 Å². The molecule has 0 amide bonds. The van der Waals surface area contributed by atoms with Crippen molar-refractivity contribution in [2.24, 2.45) is 5.41 Å². The van der Waals surface area contributed by atoms with E-state index in [-0.39, 0.29) is 17.1 Å². The molecule has 37 heavy (non-hydrogen) atoms. The Balaban J connectivity index is 1.49. The molecule has 0 bridgehead atoms. The molecule has 8 nitrogen and oxygen atoms in total. The van der Waals surface area contributed by atoms with Crippen molar-refractivity contribution in [3.8, 4) is 17.4 Å². The minimum absolute atomic E-state index is 0.0951. The summed E-state index contributed by atoms with van der Waals surface area (Å²) in [6.45, 7) is 4.19. The molecule has 0 unspecified atom stereocenters. The van der Waals surface area contributed by atoms with E-state index in [9.17, 15) is 4.79 Å². The quantitative estimate of drug-likeness (QED) is 0.388. The minimum Gasteiger partial charge on any atom is -0.497 e. The molecule has 0 N–H and O–H groups in total. The number of aromatic nitrogens is 4. The lowest BCUT2D eigenvalue weighted by molar-refractivity contribution is -0.118. The van der Waals surface area contributed by atoms with Gasteiger partial charge >= 0.3 is 0 Å². The highest BCUT2D eigenvalue weighted by Crippen LogP contribution is 2.50. The number of methoxy groups -OCH3 is 2. The topological polar surface area (TPSA) is 87.8 Å². The molecule has 1 atom stereocenters. The molecule has 2 aliphatic rings. The number of fused-ring (bicyclic) bond motifs is 3. The first kappa shape index (κ1) is 23.2. The van der Waals surface area contributed by atoms with Crippen LogP contribution in [0.5, 0.6) is 17.4 Å². The number of Topliss-reactive ketones (excluding diaryl/α,β-unsaturated/α-hetero) is 1. The predicted molar refractivity (Wildman–Crippen MR) is 137 cm³/mol. The van der Waals surface area contributed by atoms with Crippen LogP contribution in [0.4, 0.5) is 0 Å². The van der Waals surface area contributed by atoms with Gasteiger partial charge < -0.3 is 14.2 Å². The maximum absolute atomic E-state index is 13.6. The number of hydrogen-bond donors (Lipinski definition) is 0. The van der Waals surface area contributed by atoms with Crippen LogP contribution in [0.25, 0.3) is 5.65 Å². The number of benzene rings is 2. The third kappa shape index (κ3) is 4.12. The van der Waals surface area contributed by atoms with Gasteiger partial charge in [-0.25, -0.2) is 14.5 Å². The van der Waals surface area contributed by atoms with Crippen LogP contribution in [0.2, 0.25) is 0 Å². The Morgan fingerprint density at radius 1 is 1.00 bits per heavy atom. The average Bonchev–Trinajstić information content (AvgIpc) is 3.30. The zero-order valence-corrected chi connectivity index (χ0v) is 21.3. The molecule has 0 radical (unpaired) electrons. The van der Waals surface area contributed by atoms with Gasteiger partial charge in [-0.3, -0.25) is 4.79 Å². The highest BCUT2D eigenvalue weighted by molar-refractivity contribution is 6.00. The maximum atomic E-state index is 13.6. The van der Waals surface area contributed by atoms with Gasteiger partial charge in [-0.05, 0) is 40.8 Å². The van der Waals surface area contributed by atoms with Gasteiger partial charge in [-0.2, -0.15) is 0 Å². The minimum atomic E-state index is -0.359. The fourth-order valence-corrected chi connectivity index (χ4v) is 5.32. The molecular formula is C29H28N4O4. The molecule has 4 aromatic rings. The van der Waals surface area contributed by atoms with Gasteiger partial charge in [-0.15, -0.1) is 5.10 Å². The lowest BCUT2D eigenvalue weighted by Crippen LogP contribution is -2.33. The number of carbonyl (C=O) groups is 1. The molecule has 8 heteroatoms. The number of ether oxygens (including phenoxy) is 3. The van der Waals surface area contributed by atoms with E-state index in [4.69, 9.17) is 24.3 Å². The summed E-state index contributed by atoms with van der Waals surface area (Å²) in [6.07, 6.45) is 3.31. The third-order valence-corrected chi connectivity index (χ3v) is 7.08. The number of nitrogens with zero attached hydrogens (tertiary/aromatic N) is 4. The van der Waals surface area contributed by atoms with E-state index < -0.39 is 0 Å². The Labute approximate surface area is 214 Å². The second kappa shape index (κ2) is 8.73. The summed E-state index contributed by atoms with van der Waals surface area (Å²) in [5.41, 5.74) is 3.93. The number of carbonyl (C=O) groups excluding carboxylic acids is 1. The maximum Gasteiger partial charge on any atom is 0.228 e. The molecule has 0 spiro atoms. The van der Waals surface area contributed by atoms with E-state index in [0.29, 0.717) is 47.9 Å². The molecule has 0 fully saturated rings. The third-order valence-electron chi connectivity index (χ3n) is 7.08. The van der Waals surface area contributed by atoms with Crippen LogP contribution in [0.1, 0.15) is 55.1 Å². The van der Waals surface area contributed by atoms with Gasteiger partial charge in [0.2, 0.25) is 5.88 Å². The van der Waals surface area contributed by atoms with E-state index >= 15 is 0 Å². The summed E-state index contributed by atoms with van der Waals surface area (Å²) in [5, 5.41) is 4.70. The second-order valence-electron chi connectivity index (χ2n) is 10.4. The summed E-state index contributed by atoms with van der Waals surface area (Å²) in [4.78, 5) is 23.1. The normalized spacial score (nSPS) is 18.3. The molecule has 188 valence electrons. The fourth-order valence-electron chi connectivity index (χ4n) is 5.32. The van der Waals surface area contributed by atoms with Crippen LogP contribution in [0.3, 0.4) is 0 Å². The Kier molecular flexibility index (Phi) is 5.47. The number of hydrogen-bond acceptors (Lipinski definition) is 7. The van der Waals surface area contributed by atoms with Crippen LogP contribution < -0.4 is 14.2 Å². The van der Waals surface area contributed by atoms with Crippen molar-refractivity contribution >= 4 is 11.4 Å². The number of ketones is 1. The van der Waals surface area contributed by atoms with Crippen molar-refractivity contribution in [3.05, 3.63) is 88.7 Å². The second-order valence-corrected chi connectivity index (χ2v) is 10.4. The Bertz CT molecular complexity index is 1530. The standard InChI is InChI=1S/C29H28N4O4/c1-29(2)14-21(34)25-22(15-29)37-28-26(24(25)18-7-11-20(36-4)12-8-18)27-31-23(32-33(27)16-30-28)13-17-5-9-19(35-3)10-6-17/h5-12,16,24H,13-15H2,1-4H3/t24-/m0/s1.